The average Bonchev–Trinajstić information content (AvgIpc) is 2.47. The Kier molecular flexibility index (Phi) is 4.62. The lowest BCUT2D eigenvalue weighted by molar-refractivity contribution is 0.378. The lowest BCUT2D eigenvalue weighted by Crippen LogP contribution is -2.51. The van der Waals surface area contributed by atoms with Crippen molar-refractivity contribution in [3.05, 3.63) is 30.1 Å². The zero-order valence-corrected chi connectivity index (χ0v) is 12.3. The van der Waals surface area contributed by atoms with Gasteiger partial charge in [0.1, 0.15) is 5.82 Å². The third kappa shape index (κ3) is 2.94. The molecule has 7 heteroatoms. The summed E-state index contributed by atoms with van der Waals surface area (Å²) in [6.45, 7) is 3.41. The minimum Gasteiger partial charge on any atom is -0.367 e. The average molecular weight is 301 g/mol. The van der Waals surface area contributed by atoms with Crippen molar-refractivity contribution in [1.82, 2.24) is 4.31 Å². The van der Waals surface area contributed by atoms with E-state index in [0.29, 0.717) is 31.9 Å². The number of anilines is 1. The Labute approximate surface area is 119 Å². The van der Waals surface area contributed by atoms with E-state index in [9.17, 15) is 12.8 Å². The fourth-order valence-corrected chi connectivity index (χ4v) is 3.69. The second kappa shape index (κ2) is 6.07. The SMILES string of the molecule is CC(CN)S(=O)(=O)N1CCN(c2ccccc2F)CC1. The molecule has 0 bridgehead atoms. The Hall–Kier alpha value is -1.18. The van der Waals surface area contributed by atoms with Crippen LogP contribution < -0.4 is 10.6 Å². The highest BCUT2D eigenvalue weighted by molar-refractivity contribution is 7.89. The Bertz CT molecular complexity index is 556. The van der Waals surface area contributed by atoms with Gasteiger partial charge >= 0.3 is 0 Å². The molecule has 0 amide bonds. The number of nitrogens with zero attached hydrogens (tertiary/aromatic N) is 2. The van der Waals surface area contributed by atoms with E-state index < -0.39 is 15.3 Å². The maximum atomic E-state index is 13.7. The molecule has 112 valence electrons. The quantitative estimate of drug-likeness (QED) is 0.885. The van der Waals surface area contributed by atoms with Gasteiger partial charge in [-0.05, 0) is 19.1 Å². The van der Waals surface area contributed by atoms with Gasteiger partial charge in [0, 0.05) is 32.7 Å². The van der Waals surface area contributed by atoms with Gasteiger partial charge in [0.25, 0.3) is 0 Å². The van der Waals surface area contributed by atoms with Gasteiger partial charge in [-0.25, -0.2) is 12.8 Å². The third-order valence-electron chi connectivity index (χ3n) is 3.63. The first kappa shape index (κ1) is 15.2. The first-order chi connectivity index (χ1) is 9.46. The van der Waals surface area contributed by atoms with Crippen molar-refractivity contribution >= 4 is 15.7 Å². The molecule has 0 aliphatic carbocycles. The van der Waals surface area contributed by atoms with Crippen molar-refractivity contribution in [3.63, 3.8) is 0 Å². The van der Waals surface area contributed by atoms with Crippen molar-refractivity contribution in [2.24, 2.45) is 5.73 Å². The van der Waals surface area contributed by atoms with Crippen LogP contribution in [-0.4, -0.2) is 50.7 Å². The van der Waals surface area contributed by atoms with Crippen LogP contribution in [0.15, 0.2) is 24.3 Å². The maximum absolute atomic E-state index is 13.7. The highest BCUT2D eigenvalue weighted by atomic mass is 32.2. The van der Waals surface area contributed by atoms with Gasteiger partial charge in [-0.3, -0.25) is 0 Å². The van der Waals surface area contributed by atoms with Crippen molar-refractivity contribution in [2.75, 3.05) is 37.6 Å². The Morgan fingerprint density at radius 1 is 1.25 bits per heavy atom. The molecule has 2 rings (SSSR count). The van der Waals surface area contributed by atoms with Crippen LogP contribution in [0.5, 0.6) is 0 Å². The molecule has 20 heavy (non-hydrogen) atoms. The van der Waals surface area contributed by atoms with Gasteiger partial charge < -0.3 is 10.6 Å². The molecule has 1 saturated heterocycles. The van der Waals surface area contributed by atoms with Gasteiger partial charge in [0.15, 0.2) is 0 Å². The number of piperazine rings is 1. The number of hydrogen-bond donors (Lipinski definition) is 1. The van der Waals surface area contributed by atoms with E-state index in [4.69, 9.17) is 5.73 Å². The summed E-state index contributed by atoms with van der Waals surface area (Å²) in [4.78, 5) is 1.87. The van der Waals surface area contributed by atoms with Crippen LogP contribution in [0, 0.1) is 5.82 Å². The number of hydrogen-bond acceptors (Lipinski definition) is 4. The number of nitrogens with two attached hydrogens (primary N) is 1. The second-order valence-corrected chi connectivity index (χ2v) is 7.28. The minimum absolute atomic E-state index is 0.107. The molecule has 0 aromatic heterocycles. The van der Waals surface area contributed by atoms with Crippen LogP contribution in [0.2, 0.25) is 0 Å². The molecule has 0 radical (unpaired) electrons. The fraction of sp³-hybridized carbons (Fsp3) is 0.538. The second-order valence-electron chi connectivity index (χ2n) is 4.93. The van der Waals surface area contributed by atoms with Crippen LogP contribution in [0.3, 0.4) is 0 Å². The lowest BCUT2D eigenvalue weighted by atomic mass is 10.2. The van der Waals surface area contributed by atoms with Crippen molar-refractivity contribution in [1.29, 1.82) is 0 Å². The van der Waals surface area contributed by atoms with Crippen LogP contribution >= 0.6 is 0 Å². The van der Waals surface area contributed by atoms with Crippen LogP contribution in [0.1, 0.15) is 6.92 Å². The van der Waals surface area contributed by atoms with Gasteiger partial charge in [-0.15, -0.1) is 0 Å². The van der Waals surface area contributed by atoms with E-state index >= 15 is 0 Å². The van der Waals surface area contributed by atoms with Gasteiger partial charge in [-0.1, -0.05) is 12.1 Å². The van der Waals surface area contributed by atoms with Crippen molar-refractivity contribution in [2.45, 2.75) is 12.2 Å². The smallest absolute Gasteiger partial charge is 0.218 e. The zero-order chi connectivity index (χ0) is 14.8. The van der Waals surface area contributed by atoms with E-state index in [1.54, 1.807) is 25.1 Å². The summed E-state index contributed by atoms with van der Waals surface area (Å²) < 4.78 is 39.5. The number of sulfonamides is 1. The van der Waals surface area contributed by atoms with Crippen molar-refractivity contribution in [3.8, 4) is 0 Å². The normalized spacial score (nSPS) is 19.1. The van der Waals surface area contributed by atoms with Gasteiger partial charge in [0.2, 0.25) is 10.0 Å². The summed E-state index contributed by atoms with van der Waals surface area (Å²) in [6.07, 6.45) is 0. The summed E-state index contributed by atoms with van der Waals surface area (Å²) in [5.41, 5.74) is 5.96. The van der Waals surface area contributed by atoms with Gasteiger partial charge in [-0.2, -0.15) is 4.31 Å². The van der Waals surface area contributed by atoms with E-state index in [-0.39, 0.29) is 12.4 Å². The number of halogens is 1. The molecule has 1 aromatic carbocycles. The molecule has 1 fully saturated rings. The molecule has 1 unspecified atom stereocenters. The van der Waals surface area contributed by atoms with E-state index in [1.165, 1.54) is 10.4 Å². The first-order valence-electron chi connectivity index (χ1n) is 6.65. The molecule has 1 aromatic rings. The highest BCUT2D eigenvalue weighted by Gasteiger charge is 2.31. The molecule has 2 N–H and O–H groups in total. The standard InChI is InChI=1S/C13H20FN3O2S/c1-11(10-15)20(18,19)17-8-6-16(7-9-17)13-5-3-2-4-12(13)14/h2-5,11H,6-10,15H2,1H3. The molecule has 5 nitrogen and oxygen atoms in total. The fourth-order valence-electron chi connectivity index (χ4n) is 2.27. The third-order valence-corrected chi connectivity index (χ3v) is 5.93. The predicted molar refractivity (Wildman–Crippen MR) is 77.6 cm³/mol. The monoisotopic (exact) mass is 301 g/mol. The van der Waals surface area contributed by atoms with Crippen LogP contribution in [0.25, 0.3) is 0 Å². The van der Waals surface area contributed by atoms with Crippen LogP contribution in [0.4, 0.5) is 10.1 Å². The molecule has 1 aliphatic heterocycles. The number of rotatable bonds is 4. The van der Waals surface area contributed by atoms with E-state index in [0.717, 1.165) is 0 Å². The summed E-state index contributed by atoms with van der Waals surface area (Å²) >= 11 is 0. The molecule has 1 atom stereocenters. The van der Waals surface area contributed by atoms with E-state index in [2.05, 4.69) is 0 Å². The summed E-state index contributed by atoms with van der Waals surface area (Å²) in [6, 6.07) is 6.54. The molecule has 1 heterocycles. The van der Waals surface area contributed by atoms with Gasteiger partial charge in [0.05, 0.1) is 10.9 Å². The van der Waals surface area contributed by atoms with E-state index in [1.807, 2.05) is 4.90 Å². The van der Waals surface area contributed by atoms with Crippen molar-refractivity contribution < 1.29 is 12.8 Å². The maximum Gasteiger partial charge on any atom is 0.218 e. The molecular weight excluding hydrogens is 281 g/mol. The lowest BCUT2D eigenvalue weighted by Gasteiger charge is -2.36. The number of para-hydroxylation sites is 1. The van der Waals surface area contributed by atoms with Crippen LogP contribution in [-0.2, 0) is 10.0 Å². The largest absolute Gasteiger partial charge is 0.367 e. The Balaban J connectivity index is 2.05. The topological polar surface area (TPSA) is 66.6 Å². The number of benzene rings is 1. The molecule has 0 saturated carbocycles. The molecular formula is C13H20FN3O2S. The summed E-state index contributed by atoms with van der Waals surface area (Å²) in [5.74, 6) is -0.279. The Morgan fingerprint density at radius 3 is 2.40 bits per heavy atom. The summed E-state index contributed by atoms with van der Waals surface area (Å²) in [7, 11) is -3.34. The highest BCUT2D eigenvalue weighted by Crippen LogP contribution is 2.21. The Morgan fingerprint density at radius 2 is 1.85 bits per heavy atom. The first-order valence-corrected chi connectivity index (χ1v) is 8.15. The predicted octanol–water partition coefficient (Wildman–Crippen LogP) is 0.625. The molecule has 0 spiro atoms. The molecule has 1 aliphatic rings. The minimum atomic E-state index is -3.34. The summed E-state index contributed by atoms with van der Waals surface area (Å²) in [5, 5.41) is -0.581. The zero-order valence-electron chi connectivity index (χ0n) is 11.5.